The Morgan fingerprint density at radius 2 is 1.83 bits per heavy atom. The van der Waals surface area contributed by atoms with Gasteiger partial charge in [-0.05, 0) is 60.9 Å². The lowest BCUT2D eigenvalue weighted by molar-refractivity contribution is 0.104. The van der Waals surface area contributed by atoms with Crippen molar-refractivity contribution < 1.29 is 14.6 Å². The molecule has 1 N–H and O–H groups in total. The third kappa shape index (κ3) is 5.62. The topological polar surface area (TPSA) is 60.7 Å². The molecule has 0 aliphatic carbocycles. The van der Waals surface area contributed by atoms with Crippen molar-refractivity contribution in [2.45, 2.75) is 33.0 Å². The summed E-state index contributed by atoms with van der Waals surface area (Å²) in [5.41, 5.74) is 2.41. The largest absolute Gasteiger partial charge is 0.491 e. The van der Waals surface area contributed by atoms with E-state index < -0.39 is 6.10 Å². The quantitative estimate of drug-likeness (QED) is 0.589. The number of halogens is 1. The molecule has 1 atom stereocenters. The van der Waals surface area contributed by atoms with Crippen LogP contribution in [0.3, 0.4) is 0 Å². The summed E-state index contributed by atoms with van der Waals surface area (Å²) in [4.78, 5) is 12.5. The molecule has 1 unspecified atom stereocenters. The molecule has 1 heterocycles. The minimum absolute atomic E-state index is 0.187. The number of ether oxygens (including phenoxy) is 2. The van der Waals surface area contributed by atoms with Crippen LogP contribution >= 0.6 is 11.6 Å². The Labute approximate surface area is 175 Å². The molecule has 29 heavy (non-hydrogen) atoms. The molecule has 0 saturated heterocycles. The molecule has 1 aromatic heterocycles. The smallest absolute Gasteiger partial charge is 0.258 e. The van der Waals surface area contributed by atoms with Crippen molar-refractivity contribution in [2.75, 3.05) is 6.61 Å². The summed E-state index contributed by atoms with van der Waals surface area (Å²) in [5.74, 6) is 1.20. The summed E-state index contributed by atoms with van der Waals surface area (Å²) in [6.45, 7) is 4.41. The van der Waals surface area contributed by atoms with Crippen molar-refractivity contribution >= 4 is 11.6 Å². The minimum atomic E-state index is -0.489. The van der Waals surface area contributed by atoms with Gasteiger partial charge < -0.3 is 14.6 Å². The fourth-order valence-corrected chi connectivity index (χ4v) is 2.89. The van der Waals surface area contributed by atoms with E-state index in [4.69, 9.17) is 21.1 Å². The van der Waals surface area contributed by atoms with Gasteiger partial charge in [0.05, 0.1) is 6.10 Å². The molecular weight excluding hydrogens is 390 g/mol. The maximum Gasteiger partial charge on any atom is 0.258 e. The second-order valence-corrected chi connectivity index (χ2v) is 7.25. The summed E-state index contributed by atoms with van der Waals surface area (Å²) in [7, 11) is 0. The number of aromatic nitrogens is 1. The lowest BCUT2D eigenvalue weighted by Gasteiger charge is -2.14. The Balaban J connectivity index is 1.70. The maximum atomic E-state index is 12.5. The van der Waals surface area contributed by atoms with Crippen molar-refractivity contribution in [3.8, 4) is 17.2 Å². The van der Waals surface area contributed by atoms with Gasteiger partial charge in [-0.1, -0.05) is 30.7 Å². The average Bonchev–Trinajstić information content (AvgIpc) is 2.72. The normalized spacial score (nSPS) is 11.9. The maximum absolute atomic E-state index is 12.5. The second kappa shape index (κ2) is 9.63. The predicted octanol–water partition coefficient (Wildman–Crippen LogP) is 4.53. The number of pyridine rings is 1. The summed E-state index contributed by atoms with van der Waals surface area (Å²) < 4.78 is 12.9. The van der Waals surface area contributed by atoms with Crippen LogP contribution in [0.15, 0.2) is 65.6 Å². The van der Waals surface area contributed by atoms with Crippen LogP contribution in [0.1, 0.15) is 24.5 Å². The second-order valence-electron chi connectivity index (χ2n) is 6.81. The summed E-state index contributed by atoms with van der Waals surface area (Å²) >= 11 is 5.88. The molecule has 2 aromatic carbocycles. The molecule has 0 saturated carbocycles. The van der Waals surface area contributed by atoms with Crippen LogP contribution in [0.5, 0.6) is 11.5 Å². The number of aliphatic hydroxyl groups excluding tert-OH is 1. The molecule has 0 aliphatic rings. The van der Waals surface area contributed by atoms with Crippen LogP contribution in [-0.2, 0) is 6.61 Å². The molecule has 5 nitrogen and oxygen atoms in total. The van der Waals surface area contributed by atoms with E-state index >= 15 is 0 Å². The van der Waals surface area contributed by atoms with Gasteiger partial charge in [0, 0.05) is 23.0 Å². The Bertz CT molecular complexity index is 1010. The highest BCUT2D eigenvalue weighted by Crippen LogP contribution is 2.22. The predicted molar refractivity (Wildman–Crippen MR) is 114 cm³/mol. The van der Waals surface area contributed by atoms with Gasteiger partial charge in [-0.15, -0.1) is 0 Å². The van der Waals surface area contributed by atoms with Crippen LogP contribution in [-0.4, -0.2) is 22.4 Å². The van der Waals surface area contributed by atoms with E-state index in [1.165, 1.54) is 6.07 Å². The van der Waals surface area contributed by atoms with Gasteiger partial charge in [-0.2, -0.15) is 0 Å². The van der Waals surface area contributed by atoms with E-state index in [0.717, 1.165) is 16.8 Å². The van der Waals surface area contributed by atoms with Gasteiger partial charge in [-0.25, -0.2) is 0 Å². The Morgan fingerprint density at radius 3 is 2.48 bits per heavy atom. The number of hydrogen-bond donors (Lipinski definition) is 1. The van der Waals surface area contributed by atoms with E-state index in [9.17, 15) is 9.90 Å². The standard InChI is InChI=1S/C23H24ClNO4/c1-3-20(26)15-29-22-9-8-19(12-16(22)2)25-11-10-21(13-23(25)27)28-14-17-4-6-18(24)7-5-17/h4-13,20,26H,3,14-15H2,1-2H3. The van der Waals surface area contributed by atoms with Gasteiger partial charge in [0.1, 0.15) is 24.7 Å². The Kier molecular flexibility index (Phi) is 6.96. The van der Waals surface area contributed by atoms with E-state index in [-0.39, 0.29) is 12.2 Å². The van der Waals surface area contributed by atoms with Gasteiger partial charge in [0.2, 0.25) is 0 Å². The van der Waals surface area contributed by atoms with E-state index in [2.05, 4.69) is 0 Å². The minimum Gasteiger partial charge on any atom is -0.491 e. The van der Waals surface area contributed by atoms with Gasteiger partial charge in [0.15, 0.2) is 0 Å². The first-order valence-electron chi connectivity index (χ1n) is 9.48. The zero-order chi connectivity index (χ0) is 20.8. The fourth-order valence-electron chi connectivity index (χ4n) is 2.76. The number of hydrogen-bond acceptors (Lipinski definition) is 4. The van der Waals surface area contributed by atoms with Gasteiger partial charge in [0.25, 0.3) is 5.56 Å². The monoisotopic (exact) mass is 413 g/mol. The highest BCUT2D eigenvalue weighted by atomic mass is 35.5. The highest BCUT2D eigenvalue weighted by Gasteiger charge is 2.08. The molecule has 0 bridgehead atoms. The Morgan fingerprint density at radius 1 is 1.07 bits per heavy atom. The first-order chi connectivity index (χ1) is 14.0. The van der Waals surface area contributed by atoms with Gasteiger partial charge in [-0.3, -0.25) is 9.36 Å². The molecule has 6 heteroatoms. The third-order valence-corrected chi connectivity index (χ3v) is 4.80. The lowest BCUT2D eigenvalue weighted by Crippen LogP contribution is -2.18. The molecule has 0 aliphatic heterocycles. The van der Waals surface area contributed by atoms with Crippen LogP contribution in [0.25, 0.3) is 5.69 Å². The highest BCUT2D eigenvalue weighted by molar-refractivity contribution is 6.30. The SMILES string of the molecule is CCC(O)COc1ccc(-n2ccc(OCc3ccc(Cl)cc3)cc2=O)cc1C. The van der Waals surface area contributed by atoms with Crippen LogP contribution in [0, 0.1) is 6.92 Å². The number of benzene rings is 2. The Hall–Kier alpha value is -2.76. The zero-order valence-electron chi connectivity index (χ0n) is 16.5. The molecule has 0 fully saturated rings. The molecule has 3 rings (SSSR count). The van der Waals surface area contributed by atoms with E-state index in [0.29, 0.717) is 29.5 Å². The van der Waals surface area contributed by atoms with Crippen LogP contribution < -0.4 is 15.0 Å². The summed E-state index contributed by atoms with van der Waals surface area (Å²) in [5, 5.41) is 10.3. The van der Waals surface area contributed by atoms with Crippen LogP contribution in [0.4, 0.5) is 0 Å². The summed E-state index contributed by atoms with van der Waals surface area (Å²) in [6.07, 6.45) is 1.84. The zero-order valence-corrected chi connectivity index (χ0v) is 17.2. The van der Waals surface area contributed by atoms with Crippen LogP contribution in [0.2, 0.25) is 5.02 Å². The van der Waals surface area contributed by atoms with Gasteiger partial charge >= 0.3 is 0 Å². The van der Waals surface area contributed by atoms with Crippen molar-refractivity contribution in [1.29, 1.82) is 0 Å². The van der Waals surface area contributed by atoms with E-state index in [1.807, 2.05) is 44.2 Å². The molecular formula is C23H24ClNO4. The lowest BCUT2D eigenvalue weighted by atomic mass is 10.2. The molecule has 0 radical (unpaired) electrons. The number of aliphatic hydroxyl groups is 1. The van der Waals surface area contributed by atoms with Crippen molar-refractivity contribution in [3.63, 3.8) is 0 Å². The van der Waals surface area contributed by atoms with Crippen molar-refractivity contribution in [3.05, 3.63) is 87.3 Å². The number of rotatable bonds is 8. The first-order valence-corrected chi connectivity index (χ1v) is 9.86. The molecule has 3 aromatic rings. The number of nitrogens with zero attached hydrogens (tertiary/aromatic N) is 1. The van der Waals surface area contributed by atoms with Crippen molar-refractivity contribution in [1.82, 2.24) is 4.57 Å². The summed E-state index contributed by atoms with van der Waals surface area (Å²) in [6, 6.07) is 16.1. The molecule has 152 valence electrons. The molecule has 0 amide bonds. The molecule has 0 spiro atoms. The number of aryl methyl sites for hydroxylation is 1. The van der Waals surface area contributed by atoms with Crippen molar-refractivity contribution in [2.24, 2.45) is 0 Å². The first kappa shape index (κ1) is 21.0. The van der Waals surface area contributed by atoms with E-state index in [1.54, 1.807) is 29.0 Å². The third-order valence-electron chi connectivity index (χ3n) is 4.55. The average molecular weight is 414 g/mol. The fraction of sp³-hybridized carbons (Fsp3) is 0.261.